The Morgan fingerprint density at radius 2 is 1.69 bits per heavy atom. The van der Waals surface area contributed by atoms with E-state index in [2.05, 4.69) is 5.32 Å². The zero-order valence-electron chi connectivity index (χ0n) is 13.5. The summed E-state index contributed by atoms with van der Waals surface area (Å²) in [6.07, 6.45) is -4.89. The highest BCUT2D eigenvalue weighted by atomic mass is 19.4. The molecular formula is C18H16F4N2O2. The summed E-state index contributed by atoms with van der Waals surface area (Å²) in [4.78, 5) is 23.6. The van der Waals surface area contributed by atoms with Gasteiger partial charge in [0.15, 0.2) is 0 Å². The second-order valence-corrected chi connectivity index (χ2v) is 5.73. The first-order valence-corrected chi connectivity index (χ1v) is 7.64. The van der Waals surface area contributed by atoms with Crippen molar-refractivity contribution >= 4 is 11.8 Å². The minimum Gasteiger partial charge on any atom is -0.368 e. The Kier molecular flexibility index (Phi) is 5.97. The van der Waals surface area contributed by atoms with Crippen molar-refractivity contribution in [1.29, 1.82) is 0 Å². The summed E-state index contributed by atoms with van der Waals surface area (Å²) >= 11 is 0. The molecule has 8 heteroatoms. The molecule has 0 radical (unpaired) electrons. The van der Waals surface area contributed by atoms with Crippen LogP contribution < -0.4 is 11.1 Å². The molecule has 2 aromatic rings. The smallest absolute Gasteiger partial charge is 0.368 e. The summed E-state index contributed by atoms with van der Waals surface area (Å²) in [7, 11) is 0. The number of benzene rings is 2. The van der Waals surface area contributed by atoms with Crippen molar-refractivity contribution in [3.05, 3.63) is 71.0 Å². The molecule has 0 aliphatic heterocycles. The lowest BCUT2D eigenvalue weighted by molar-refractivity contribution is -0.137. The Labute approximate surface area is 147 Å². The van der Waals surface area contributed by atoms with Crippen molar-refractivity contribution in [3.8, 4) is 0 Å². The number of amides is 2. The normalized spacial score (nSPS) is 12.5. The molecule has 26 heavy (non-hydrogen) atoms. The maximum absolute atomic E-state index is 13.2. The van der Waals surface area contributed by atoms with Crippen LogP contribution in [0.5, 0.6) is 0 Å². The monoisotopic (exact) mass is 368 g/mol. The Morgan fingerprint density at radius 1 is 1.04 bits per heavy atom. The number of hydrogen-bond donors (Lipinski definition) is 2. The van der Waals surface area contributed by atoms with Gasteiger partial charge in [-0.3, -0.25) is 9.59 Å². The van der Waals surface area contributed by atoms with Gasteiger partial charge in [-0.15, -0.1) is 0 Å². The predicted octanol–water partition coefficient (Wildman–Crippen LogP) is 2.60. The zero-order chi connectivity index (χ0) is 19.3. The molecule has 0 saturated heterocycles. The second-order valence-electron chi connectivity index (χ2n) is 5.73. The number of hydrogen-bond acceptors (Lipinski definition) is 2. The molecule has 1 atom stereocenters. The molecule has 2 aromatic carbocycles. The molecule has 3 N–H and O–H groups in total. The van der Waals surface area contributed by atoms with Crippen molar-refractivity contribution in [3.63, 3.8) is 0 Å². The Hall–Kier alpha value is -2.90. The van der Waals surface area contributed by atoms with Gasteiger partial charge < -0.3 is 11.1 Å². The SMILES string of the molecule is NC(=O)[C@H](Cc1cccc(F)c1)NC(=O)Cc1cccc(C(F)(F)F)c1. The second kappa shape index (κ2) is 7.99. The van der Waals surface area contributed by atoms with Crippen LogP contribution in [0.2, 0.25) is 0 Å². The zero-order valence-corrected chi connectivity index (χ0v) is 13.5. The largest absolute Gasteiger partial charge is 0.416 e. The summed E-state index contributed by atoms with van der Waals surface area (Å²) in [5.74, 6) is -1.99. The summed E-state index contributed by atoms with van der Waals surface area (Å²) in [5, 5.41) is 2.37. The standard InChI is InChI=1S/C18H16F4N2O2/c19-14-6-2-4-12(8-14)9-15(17(23)26)24-16(25)10-11-3-1-5-13(7-11)18(20,21)22/h1-8,15H,9-10H2,(H2,23,26)(H,24,25)/t15-/m0/s1. The number of nitrogens with one attached hydrogen (secondary N) is 1. The molecule has 0 saturated carbocycles. The van der Waals surface area contributed by atoms with E-state index in [1.165, 1.54) is 30.3 Å². The lowest BCUT2D eigenvalue weighted by atomic mass is 10.0. The molecule has 2 rings (SSSR count). The maximum atomic E-state index is 13.2. The van der Waals surface area contributed by atoms with Gasteiger partial charge in [0.25, 0.3) is 0 Å². The molecule has 0 heterocycles. The summed E-state index contributed by atoms with van der Waals surface area (Å²) < 4.78 is 51.3. The van der Waals surface area contributed by atoms with Gasteiger partial charge in [-0.2, -0.15) is 13.2 Å². The fourth-order valence-corrected chi connectivity index (χ4v) is 2.41. The molecule has 0 spiro atoms. The van der Waals surface area contributed by atoms with Crippen LogP contribution in [0.4, 0.5) is 17.6 Å². The molecule has 0 fully saturated rings. The summed E-state index contributed by atoms with van der Waals surface area (Å²) in [5.41, 5.74) is 4.98. The molecule has 2 amide bonds. The Bertz CT molecular complexity index is 806. The van der Waals surface area contributed by atoms with E-state index in [0.29, 0.717) is 5.56 Å². The minimum absolute atomic E-state index is 0.0264. The maximum Gasteiger partial charge on any atom is 0.416 e. The van der Waals surface area contributed by atoms with Crippen molar-refractivity contribution in [1.82, 2.24) is 5.32 Å². The topological polar surface area (TPSA) is 72.2 Å². The van der Waals surface area contributed by atoms with E-state index in [1.54, 1.807) is 6.07 Å². The van der Waals surface area contributed by atoms with Crippen molar-refractivity contribution in [2.75, 3.05) is 0 Å². The Morgan fingerprint density at radius 3 is 2.31 bits per heavy atom. The number of rotatable bonds is 6. The molecular weight excluding hydrogens is 352 g/mol. The first-order valence-electron chi connectivity index (χ1n) is 7.64. The first-order chi connectivity index (χ1) is 12.1. The van der Waals surface area contributed by atoms with E-state index in [1.807, 2.05) is 0 Å². The predicted molar refractivity (Wildman–Crippen MR) is 86.4 cm³/mol. The minimum atomic E-state index is -4.51. The number of alkyl halides is 3. The first kappa shape index (κ1) is 19.4. The van der Waals surface area contributed by atoms with E-state index >= 15 is 0 Å². The van der Waals surface area contributed by atoms with Crippen LogP contribution in [-0.2, 0) is 28.6 Å². The van der Waals surface area contributed by atoms with Crippen molar-refractivity contribution in [2.24, 2.45) is 5.73 Å². The van der Waals surface area contributed by atoms with E-state index < -0.39 is 35.4 Å². The molecule has 0 aliphatic carbocycles. The van der Waals surface area contributed by atoms with Crippen LogP contribution in [0, 0.1) is 5.82 Å². The molecule has 0 aromatic heterocycles. The third-order valence-corrected chi connectivity index (χ3v) is 3.63. The quantitative estimate of drug-likeness (QED) is 0.770. The van der Waals surface area contributed by atoms with Gasteiger partial charge in [0.2, 0.25) is 11.8 Å². The third-order valence-electron chi connectivity index (χ3n) is 3.63. The molecule has 138 valence electrons. The van der Waals surface area contributed by atoms with E-state index in [9.17, 15) is 27.2 Å². The van der Waals surface area contributed by atoms with Gasteiger partial charge in [0, 0.05) is 6.42 Å². The van der Waals surface area contributed by atoms with Crippen LogP contribution in [0.25, 0.3) is 0 Å². The van der Waals surface area contributed by atoms with Crippen LogP contribution in [-0.4, -0.2) is 17.9 Å². The van der Waals surface area contributed by atoms with Gasteiger partial charge in [-0.1, -0.05) is 30.3 Å². The number of nitrogens with two attached hydrogens (primary N) is 1. The van der Waals surface area contributed by atoms with Crippen LogP contribution in [0.1, 0.15) is 16.7 Å². The van der Waals surface area contributed by atoms with Crippen LogP contribution in [0.15, 0.2) is 48.5 Å². The Balaban J connectivity index is 2.05. The average molecular weight is 368 g/mol. The van der Waals surface area contributed by atoms with Gasteiger partial charge in [0.1, 0.15) is 11.9 Å². The highest BCUT2D eigenvalue weighted by Gasteiger charge is 2.30. The van der Waals surface area contributed by atoms with E-state index in [4.69, 9.17) is 5.73 Å². The number of halogens is 4. The fourth-order valence-electron chi connectivity index (χ4n) is 2.41. The molecule has 0 aliphatic rings. The van der Waals surface area contributed by atoms with Gasteiger partial charge in [-0.05, 0) is 29.3 Å². The van der Waals surface area contributed by atoms with Crippen LogP contribution >= 0.6 is 0 Å². The van der Waals surface area contributed by atoms with Gasteiger partial charge in [-0.25, -0.2) is 4.39 Å². The average Bonchev–Trinajstić information content (AvgIpc) is 2.53. The lowest BCUT2D eigenvalue weighted by Crippen LogP contribution is -2.46. The number of primary amides is 1. The molecule has 4 nitrogen and oxygen atoms in total. The van der Waals surface area contributed by atoms with E-state index in [-0.39, 0.29) is 18.4 Å². The lowest BCUT2D eigenvalue weighted by Gasteiger charge is -2.16. The summed E-state index contributed by atoms with van der Waals surface area (Å²) in [6.45, 7) is 0. The molecule has 0 unspecified atom stereocenters. The van der Waals surface area contributed by atoms with Crippen LogP contribution in [0.3, 0.4) is 0 Å². The van der Waals surface area contributed by atoms with Crippen molar-refractivity contribution in [2.45, 2.75) is 25.1 Å². The highest BCUT2D eigenvalue weighted by molar-refractivity contribution is 5.87. The third kappa shape index (κ3) is 5.58. The molecule has 0 bridgehead atoms. The summed E-state index contributed by atoms with van der Waals surface area (Å²) in [6, 6.07) is 8.69. The van der Waals surface area contributed by atoms with Crippen molar-refractivity contribution < 1.29 is 27.2 Å². The highest BCUT2D eigenvalue weighted by Crippen LogP contribution is 2.29. The fraction of sp³-hybridized carbons (Fsp3) is 0.222. The number of carbonyl (C=O) groups is 2. The number of carbonyl (C=O) groups excluding carboxylic acids is 2. The van der Waals surface area contributed by atoms with Gasteiger partial charge >= 0.3 is 6.18 Å². The van der Waals surface area contributed by atoms with Gasteiger partial charge in [0.05, 0.1) is 12.0 Å². The van der Waals surface area contributed by atoms with E-state index in [0.717, 1.165) is 12.1 Å².